The van der Waals surface area contributed by atoms with Crippen LogP contribution in [-0.4, -0.2) is 28.9 Å². The van der Waals surface area contributed by atoms with Crippen molar-refractivity contribution in [3.8, 4) is 0 Å². The Balaban J connectivity index is 1.73. The van der Waals surface area contributed by atoms with Crippen LogP contribution in [0, 0.1) is 17.5 Å². The second-order valence-corrected chi connectivity index (χ2v) is 5.63. The first-order valence-electron chi connectivity index (χ1n) is 7.72. The minimum atomic E-state index is -1.54. The van der Waals surface area contributed by atoms with Crippen LogP contribution in [0.1, 0.15) is 29.8 Å². The zero-order valence-electron chi connectivity index (χ0n) is 12.9. The van der Waals surface area contributed by atoms with Crippen molar-refractivity contribution in [1.82, 2.24) is 9.88 Å². The number of nitrogens with zero attached hydrogens (tertiary/aromatic N) is 2. The van der Waals surface area contributed by atoms with Gasteiger partial charge in [-0.05, 0) is 43.5 Å². The van der Waals surface area contributed by atoms with Crippen molar-refractivity contribution in [3.63, 3.8) is 0 Å². The van der Waals surface area contributed by atoms with Gasteiger partial charge in [-0.15, -0.1) is 0 Å². The van der Waals surface area contributed by atoms with Crippen molar-refractivity contribution in [2.75, 3.05) is 18.4 Å². The van der Waals surface area contributed by atoms with Crippen LogP contribution in [0.3, 0.4) is 0 Å². The number of pyridine rings is 1. The lowest BCUT2D eigenvalue weighted by Crippen LogP contribution is -2.36. The van der Waals surface area contributed by atoms with E-state index in [2.05, 4.69) is 10.3 Å². The molecule has 1 aliphatic rings. The number of piperidine rings is 1. The van der Waals surface area contributed by atoms with Crippen LogP contribution in [0.4, 0.5) is 24.5 Å². The molecule has 1 saturated heterocycles. The van der Waals surface area contributed by atoms with Crippen LogP contribution in [0.15, 0.2) is 30.5 Å². The van der Waals surface area contributed by atoms with Crippen LogP contribution in [0.5, 0.6) is 0 Å². The minimum Gasteiger partial charge on any atom is -0.352 e. The van der Waals surface area contributed by atoms with Crippen LogP contribution in [0.25, 0.3) is 0 Å². The Hall–Kier alpha value is -2.57. The molecule has 0 saturated carbocycles. The van der Waals surface area contributed by atoms with Crippen molar-refractivity contribution in [1.29, 1.82) is 0 Å². The van der Waals surface area contributed by atoms with E-state index in [0.717, 1.165) is 44.5 Å². The largest absolute Gasteiger partial charge is 0.352 e. The summed E-state index contributed by atoms with van der Waals surface area (Å²) in [7, 11) is 0. The standard InChI is InChI=1S/C17H16F3N3O/c18-12-5-7-13(16(20)15(12)19)22-11-4-6-14(21-10-11)17(24)23-8-2-1-3-9-23/h4-7,10,22H,1-3,8-9H2. The van der Waals surface area contributed by atoms with Gasteiger partial charge in [0.2, 0.25) is 0 Å². The monoisotopic (exact) mass is 335 g/mol. The number of halogens is 3. The van der Waals surface area contributed by atoms with Gasteiger partial charge in [0.15, 0.2) is 17.5 Å². The predicted molar refractivity (Wildman–Crippen MR) is 83.6 cm³/mol. The molecule has 0 atom stereocenters. The van der Waals surface area contributed by atoms with Gasteiger partial charge in [-0.1, -0.05) is 0 Å². The summed E-state index contributed by atoms with van der Waals surface area (Å²) in [5.41, 5.74) is 0.467. The van der Waals surface area contributed by atoms with Gasteiger partial charge in [0.1, 0.15) is 5.69 Å². The average Bonchev–Trinajstić information content (AvgIpc) is 2.63. The molecule has 0 radical (unpaired) electrons. The lowest BCUT2D eigenvalue weighted by molar-refractivity contribution is 0.0718. The third-order valence-electron chi connectivity index (χ3n) is 3.94. The molecule has 1 aromatic carbocycles. The van der Waals surface area contributed by atoms with Gasteiger partial charge in [0.05, 0.1) is 17.6 Å². The first-order chi connectivity index (χ1) is 11.6. The second kappa shape index (κ2) is 6.90. The number of amides is 1. The van der Waals surface area contributed by atoms with Crippen molar-refractivity contribution in [2.24, 2.45) is 0 Å². The molecule has 0 aliphatic carbocycles. The fourth-order valence-electron chi connectivity index (χ4n) is 2.63. The summed E-state index contributed by atoms with van der Waals surface area (Å²) < 4.78 is 39.8. The number of carbonyl (C=O) groups is 1. The molecule has 3 rings (SSSR count). The van der Waals surface area contributed by atoms with E-state index in [1.807, 2.05) is 0 Å². The highest BCUT2D eigenvalue weighted by atomic mass is 19.2. The Bertz CT molecular complexity index is 743. The molecule has 1 amide bonds. The Morgan fingerprint density at radius 2 is 1.75 bits per heavy atom. The number of hydrogen-bond acceptors (Lipinski definition) is 3. The smallest absolute Gasteiger partial charge is 0.272 e. The van der Waals surface area contributed by atoms with Crippen LogP contribution in [-0.2, 0) is 0 Å². The molecular weight excluding hydrogens is 319 g/mol. The zero-order chi connectivity index (χ0) is 17.1. The van der Waals surface area contributed by atoms with E-state index >= 15 is 0 Å². The van der Waals surface area contributed by atoms with Gasteiger partial charge in [0.25, 0.3) is 5.91 Å². The molecule has 0 bridgehead atoms. The van der Waals surface area contributed by atoms with E-state index in [1.54, 1.807) is 11.0 Å². The number of rotatable bonds is 3. The second-order valence-electron chi connectivity index (χ2n) is 5.63. The van der Waals surface area contributed by atoms with E-state index in [1.165, 1.54) is 12.3 Å². The third-order valence-corrected chi connectivity index (χ3v) is 3.94. The van der Waals surface area contributed by atoms with E-state index in [-0.39, 0.29) is 11.6 Å². The maximum Gasteiger partial charge on any atom is 0.272 e. The normalized spacial score (nSPS) is 14.5. The highest BCUT2D eigenvalue weighted by Crippen LogP contribution is 2.23. The zero-order valence-corrected chi connectivity index (χ0v) is 12.9. The van der Waals surface area contributed by atoms with Crippen molar-refractivity contribution >= 4 is 17.3 Å². The van der Waals surface area contributed by atoms with Crippen LogP contribution >= 0.6 is 0 Å². The molecule has 1 aliphatic heterocycles. The van der Waals surface area contributed by atoms with E-state index in [9.17, 15) is 18.0 Å². The molecule has 126 valence electrons. The molecule has 7 heteroatoms. The molecule has 4 nitrogen and oxygen atoms in total. The van der Waals surface area contributed by atoms with Gasteiger partial charge in [-0.25, -0.2) is 18.2 Å². The quantitative estimate of drug-likeness (QED) is 0.866. The van der Waals surface area contributed by atoms with Crippen molar-refractivity contribution in [3.05, 3.63) is 53.6 Å². The molecule has 1 fully saturated rings. The highest BCUT2D eigenvalue weighted by molar-refractivity contribution is 5.92. The Kier molecular flexibility index (Phi) is 4.69. The number of nitrogens with one attached hydrogen (secondary N) is 1. The molecule has 1 N–H and O–H groups in total. The van der Waals surface area contributed by atoms with Gasteiger partial charge in [-0.2, -0.15) is 0 Å². The number of aromatic nitrogens is 1. The molecule has 1 aromatic heterocycles. The molecule has 0 unspecified atom stereocenters. The number of anilines is 2. The minimum absolute atomic E-state index is 0.139. The summed E-state index contributed by atoms with van der Waals surface area (Å²) in [6.07, 6.45) is 4.46. The molecule has 2 aromatic rings. The maximum absolute atomic E-state index is 13.6. The lowest BCUT2D eigenvalue weighted by atomic mass is 10.1. The topological polar surface area (TPSA) is 45.2 Å². The van der Waals surface area contributed by atoms with E-state index in [4.69, 9.17) is 0 Å². The number of benzene rings is 1. The fourth-order valence-corrected chi connectivity index (χ4v) is 2.63. The summed E-state index contributed by atoms with van der Waals surface area (Å²) in [4.78, 5) is 18.1. The SMILES string of the molecule is O=C(c1ccc(Nc2ccc(F)c(F)c2F)cn1)N1CCCCC1. The predicted octanol–water partition coefficient (Wildman–Crippen LogP) is 3.87. The summed E-state index contributed by atoms with van der Waals surface area (Å²) in [6.45, 7) is 1.45. The average molecular weight is 335 g/mol. The number of likely N-dealkylation sites (tertiary alicyclic amines) is 1. The maximum atomic E-state index is 13.6. The van der Waals surface area contributed by atoms with E-state index in [0.29, 0.717) is 11.4 Å². The van der Waals surface area contributed by atoms with Crippen molar-refractivity contribution in [2.45, 2.75) is 19.3 Å². The Labute approximate surface area is 137 Å². The summed E-state index contributed by atoms with van der Waals surface area (Å²) >= 11 is 0. The van der Waals surface area contributed by atoms with Crippen LogP contribution < -0.4 is 5.32 Å². The van der Waals surface area contributed by atoms with Gasteiger partial charge in [-0.3, -0.25) is 4.79 Å². The van der Waals surface area contributed by atoms with Gasteiger partial charge in [0, 0.05) is 13.1 Å². The first-order valence-corrected chi connectivity index (χ1v) is 7.72. The molecule has 0 spiro atoms. The molecule has 24 heavy (non-hydrogen) atoms. The summed E-state index contributed by atoms with van der Waals surface area (Å²) in [5.74, 6) is -4.23. The first kappa shape index (κ1) is 16.3. The fraction of sp³-hybridized carbons (Fsp3) is 0.294. The van der Waals surface area contributed by atoms with Gasteiger partial charge < -0.3 is 10.2 Å². The number of hydrogen-bond donors (Lipinski definition) is 1. The highest BCUT2D eigenvalue weighted by Gasteiger charge is 2.19. The third kappa shape index (κ3) is 3.34. The number of carbonyl (C=O) groups excluding carboxylic acids is 1. The summed E-state index contributed by atoms with van der Waals surface area (Å²) in [5, 5.41) is 2.62. The van der Waals surface area contributed by atoms with Gasteiger partial charge >= 0.3 is 0 Å². The lowest BCUT2D eigenvalue weighted by Gasteiger charge is -2.26. The molecule has 2 heterocycles. The van der Waals surface area contributed by atoms with Crippen LogP contribution in [0.2, 0.25) is 0 Å². The van der Waals surface area contributed by atoms with Crippen molar-refractivity contribution < 1.29 is 18.0 Å². The Morgan fingerprint density at radius 1 is 1.00 bits per heavy atom. The summed E-state index contributed by atoms with van der Waals surface area (Å²) in [6, 6.07) is 5.00. The molecular formula is C17H16F3N3O. The Morgan fingerprint density at radius 3 is 2.42 bits per heavy atom. The van der Waals surface area contributed by atoms with E-state index < -0.39 is 17.5 Å².